The fourth-order valence-corrected chi connectivity index (χ4v) is 4.84. The highest BCUT2D eigenvalue weighted by atomic mass is 127. The SMILES string of the molecule is CN(C)C(=O)CN=C(NC1CCOc2ccccc21)NC1C2CCOC2C1(C)C.I. The van der Waals surface area contributed by atoms with Crippen LogP contribution in [0.5, 0.6) is 5.75 Å². The molecule has 0 radical (unpaired) electrons. The minimum absolute atomic E-state index is 0. The van der Waals surface area contributed by atoms with E-state index >= 15 is 0 Å². The van der Waals surface area contributed by atoms with Gasteiger partial charge in [0.25, 0.3) is 0 Å². The largest absolute Gasteiger partial charge is 0.493 e. The van der Waals surface area contributed by atoms with E-state index in [0.717, 1.165) is 30.8 Å². The molecule has 4 atom stereocenters. The van der Waals surface area contributed by atoms with Crippen LogP contribution in [0.25, 0.3) is 0 Å². The van der Waals surface area contributed by atoms with Crippen LogP contribution in [0.2, 0.25) is 0 Å². The van der Waals surface area contributed by atoms with Crippen molar-refractivity contribution in [2.24, 2.45) is 16.3 Å². The molecule has 1 saturated heterocycles. The number of hydrogen-bond donors (Lipinski definition) is 2. The van der Waals surface area contributed by atoms with Crippen molar-refractivity contribution < 1.29 is 14.3 Å². The molecule has 4 rings (SSSR count). The molecule has 2 fully saturated rings. The minimum Gasteiger partial charge on any atom is -0.493 e. The summed E-state index contributed by atoms with van der Waals surface area (Å²) in [5, 5.41) is 7.21. The molecule has 0 spiro atoms. The van der Waals surface area contributed by atoms with E-state index in [9.17, 15) is 4.79 Å². The highest BCUT2D eigenvalue weighted by Crippen LogP contribution is 2.52. The van der Waals surface area contributed by atoms with Crippen LogP contribution >= 0.6 is 24.0 Å². The van der Waals surface area contributed by atoms with Crippen molar-refractivity contribution in [2.75, 3.05) is 33.9 Å². The summed E-state index contributed by atoms with van der Waals surface area (Å²) < 4.78 is 11.7. The zero-order valence-corrected chi connectivity index (χ0v) is 20.5. The number of amides is 1. The summed E-state index contributed by atoms with van der Waals surface area (Å²) in [4.78, 5) is 18.3. The first kappa shape index (κ1) is 23.1. The van der Waals surface area contributed by atoms with E-state index in [-0.39, 0.29) is 53.9 Å². The number of hydrogen-bond acceptors (Lipinski definition) is 4. The second kappa shape index (κ2) is 9.30. The molecule has 1 aromatic rings. The lowest BCUT2D eigenvalue weighted by molar-refractivity contribution is -0.127. The standard InChI is InChI=1S/C22H32N4O3.HI/c1-22(2)19(15-9-11-29-20(15)22)25-21(23-13-18(27)26(3)4)24-16-10-12-28-17-8-6-5-7-14(16)17;/h5-8,15-16,19-20H,9-13H2,1-4H3,(H2,23,24,25);1H. The van der Waals surface area contributed by atoms with Crippen LogP contribution in [0.3, 0.4) is 0 Å². The number of likely N-dealkylation sites (N-methyl/N-ethyl adjacent to an activating group) is 1. The summed E-state index contributed by atoms with van der Waals surface area (Å²) in [6.07, 6.45) is 2.21. The van der Waals surface area contributed by atoms with Gasteiger partial charge in [-0.3, -0.25) is 4.79 Å². The van der Waals surface area contributed by atoms with Crippen molar-refractivity contribution in [2.45, 2.75) is 44.9 Å². The number of ether oxygens (including phenoxy) is 2. The van der Waals surface area contributed by atoms with Crippen molar-refractivity contribution in [3.8, 4) is 5.75 Å². The molecular formula is C22H33IN4O3. The Bertz CT molecular complexity index is 798. The molecule has 3 aliphatic rings. The van der Waals surface area contributed by atoms with Gasteiger partial charge in [-0.1, -0.05) is 32.0 Å². The molecule has 1 aliphatic carbocycles. The molecule has 1 aromatic carbocycles. The van der Waals surface area contributed by atoms with E-state index in [0.29, 0.717) is 24.6 Å². The van der Waals surface area contributed by atoms with Gasteiger partial charge in [0.15, 0.2) is 5.96 Å². The molecule has 0 aromatic heterocycles. The summed E-state index contributed by atoms with van der Waals surface area (Å²) in [5.74, 6) is 2.07. The van der Waals surface area contributed by atoms with Crippen LogP contribution in [0.1, 0.15) is 38.3 Å². The molecule has 2 heterocycles. The molecule has 7 nitrogen and oxygen atoms in total. The second-order valence-corrected chi connectivity index (χ2v) is 9.01. The summed E-state index contributed by atoms with van der Waals surface area (Å²) in [7, 11) is 3.51. The van der Waals surface area contributed by atoms with Gasteiger partial charge in [-0.2, -0.15) is 0 Å². The summed E-state index contributed by atoms with van der Waals surface area (Å²) in [6.45, 7) is 6.08. The lowest BCUT2D eigenvalue weighted by Crippen LogP contribution is -2.68. The van der Waals surface area contributed by atoms with Crippen LogP contribution in [0.4, 0.5) is 0 Å². The van der Waals surface area contributed by atoms with Crippen molar-refractivity contribution in [1.82, 2.24) is 15.5 Å². The Morgan fingerprint density at radius 2 is 1.97 bits per heavy atom. The third kappa shape index (κ3) is 4.39. The lowest BCUT2D eigenvalue weighted by atomic mass is 9.57. The number of aliphatic imine (C=N–C) groups is 1. The Balaban J connectivity index is 0.00000256. The van der Waals surface area contributed by atoms with E-state index in [1.54, 1.807) is 19.0 Å². The van der Waals surface area contributed by atoms with Crippen LogP contribution < -0.4 is 15.4 Å². The zero-order chi connectivity index (χ0) is 20.6. The van der Waals surface area contributed by atoms with E-state index in [4.69, 9.17) is 9.47 Å². The predicted molar refractivity (Wildman–Crippen MR) is 127 cm³/mol. The van der Waals surface area contributed by atoms with Crippen LogP contribution in [-0.2, 0) is 9.53 Å². The molecule has 4 unspecified atom stereocenters. The van der Waals surface area contributed by atoms with Crippen LogP contribution in [0, 0.1) is 11.3 Å². The maximum Gasteiger partial charge on any atom is 0.243 e. The number of rotatable bonds is 4. The second-order valence-electron chi connectivity index (χ2n) is 9.01. The van der Waals surface area contributed by atoms with E-state index < -0.39 is 0 Å². The Kier molecular flexibility index (Phi) is 7.16. The number of benzene rings is 1. The molecule has 1 saturated carbocycles. The first-order valence-corrected chi connectivity index (χ1v) is 10.5. The number of halogens is 1. The average Bonchev–Trinajstić information content (AvgIpc) is 3.17. The van der Waals surface area contributed by atoms with Gasteiger partial charge in [-0.25, -0.2) is 4.99 Å². The van der Waals surface area contributed by atoms with Crippen molar-refractivity contribution in [1.29, 1.82) is 0 Å². The molecule has 166 valence electrons. The third-order valence-corrected chi connectivity index (χ3v) is 6.53. The Labute approximate surface area is 196 Å². The lowest BCUT2D eigenvalue weighted by Gasteiger charge is -2.55. The number of guanidine groups is 1. The van der Waals surface area contributed by atoms with Crippen LogP contribution in [-0.4, -0.2) is 62.8 Å². The number of nitrogens with zero attached hydrogens (tertiary/aromatic N) is 2. The molecule has 8 heteroatoms. The summed E-state index contributed by atoms with van der Waals surface area (Å²) >= 11 is 0. The predicted octanol–water partition coefficient (Wildman–Crippen LogP) is 2.57. The fourth-order valence-electron chi connectivity index (χ4n) is 4.84. The van der Waals surface area contributed by atoms with E-state index in [1.165, 1.54) is 0 Å². The smallest absolute Gasteiger partial charge is 0.243 e. The molecule has 2 N–H and O–H groups in total. The normalized spacial score (nSPS) is 28.7. The first-order chi connectivity index (χ1) is 13.9. The van der Waals surface area contributed by atoms with Gasteiger partial charge in [0.05, 0.1) is 18.8 Å². The summed E-state index contributed by atoms with van der Waals surface area (Å²) in [6, 6.07) is 8.46. The van der Waals surface area contributed by atoms with Crippen molar-refractivity contribution in [3.63, 3.8) is 0 Å². The van der Waals surface area contributed by atoms with Gasteiger partial charge in [0.2, 0.25) is 5.91 Å². The van der Waals surface area contributed by atoms with Gasteiger partial charge in [0, 0.05) is 50.1 Å². The quantitative estimate of drug-likeness (QED) is 0.357. The van der Waals surface area contributed by atoms with Gasteiger partial charge in [-0.15, -0.1) is 24.0 Å². The van der Waals surface area contributed by atoms with Gasteiger partial charge in [-0.05, 0) is 12.5 Å². The number of fused-ring (bicyclic) bond motifs is 2. The third-order valence-electron chi connectivity index (χ3n) is 6.53. The van der Waals surface area contributed by atoms with Crippen LogP contribution in [0.15, 0.2) is 29.3 Å². The Morgan fingerprint density at radius 1 is 1.20 bits per heavy atom. The van der Waals surface area contributed by atoms with Gasteiger partial charge in [0.1, 0.15) is 12.3 Å². The van der Waals surface area contributed by atoms with Gasteiger partial charge >= 0.3 is 0 Å². The van der Waals surface area contributed by atoms with E-state index in [2.05, 4.69) is 35.5 Å². The summed E-state index contributed by atoms with van der Waals surface area (Å²) in [5.41, 5.74) is 1.16. The maximum absolute atomic E-state index is 12.1. The van der Waals surface area contributed by atoms with Crippen molar-refractivity contribution in [3.05, 3.63) is 29.8 Å². The first-order valence-electron chi connectivity index (χ1n) is 10.5. The number of nitrogens with one attached hydrogen (secondary N) is 2. The number of carbonyl (C=O) groups is 1. The van der Waals surface area contributed by atoms with E-state index in [1.807, 2.05) is 18.2 Å². The molecule has 1 amide bonds. The van der Waals surface area contributed by atoms with Gasteiger partial charge < -0.3 is 25.0 Å². The highest BCUT2D eigenvalue weighted by Gasteiger charge is 2.59. The fraction of sp³-hybridized carbons (Fsp3) is 0.636. The highest BCUT2D eigenvalue weighted by molar-refractivity contribution is 14.0. The molecule has 2 aliphatic heterocycles. The Hall–Kier alpha value is -1.55. The zero-order valence-electron chi connectivity index (χ0n) is 18.2. The maximum atomic E-state index is 12.1. The topological polar surface area (TPSA) is 75.2 Å². The number of carbonyl (C=O) groups excluding carboxylic acids is 1. The monoisotopic (exact) mass is 528 g/mol. The molecule has 30 heavy (non-hydrogen) atoms. The Morgan fingerprint density at radius 3 is 2.73 bits per heavy atom. The number of para-hydroxylation sites is 1. The molecular weight excluding hydrogens is 495 g/mol. The minimum atomic E-state index is -0.0200. The molecule has 0 bridgehead atoms. The average molecular weight is 528 g/mol. The van der Waals surface area contributed by atoms with Crippen molar-refractivity contribution >= 4 is 35.8 Å².